The fourth-order valence-corrected chi connectivity index (χ4v) is 2.32. The first-order valence-corrected chi connectivity index (χ1v) is 7.37. The topological polar surface area (TPSA) is 24.5 Å². The fourth-order valence-electron chi connectivity index (χ4n) is 2.32. The Hall–Kier alpha value is -0.120. The number of hydrogen-bond acceptors (Lipinski definition) is 3. The quantitative estimate of drug-likeness (QED) is 0.686. The Balaban J connectivity index is 2.52. The summed E-state index contributed by atoms with van der Waals surface area (Å²) >= 11 is 0. The van der Waals surface area contributed by atoms with Gasteiger partial charge in [-0.15, -0.1) is 0 Å². The van der Waals surface area contributed by atoms with E-state index in [-0.39, 0.29) is 5.60 Å². The molecule has 0 amide bonds. The summed E-state index contributed by atoms with van der Waals surface area (Å²) in [6.07, 6.45) is 4.05. The van der Waals surface area contributed by atoms with Crippen molar-refractivity contribution in [2.45, 2.75) is 64.6 Å². The van der Waals surface area contributed by atoms with E-state index in [9.17, 15) is 0 Å². The highest BCUT2D eigenvalue weighted by molar-refractivity contribution is 4.92. The van der Waals surface area contributed by atoms with Gasteiger partial charge >= 0.3 is 0 Å². The second-order valence-electron chi connectivity index (χ2n) is 6.56. The van der Waals surface area contributed by atoms with Crippen molar-refractivity contribution in [3.05, 3.63) is 0 Å². The third-order valence-electron chi connectivity index (χ3n) is 4.19. The van der Waals surface area contributed by atoms with Crippen LogP contribution in [0.2, 0.25) is 0 Å². The molecule has 3 heteroatoms. The van der Waals surface area contributed by atoms with Crippen LogP contribution in [0, 0.1) is 5.92 Å². The van der Waals surface area contributed by atoms with Gasteiger partial charge in [0.1, 0.15) is 0 Å². The van der Waals surface area contributed by atoms with Crippen molar-refractivity contribution < 1.29 is 4.74 Å². The Kier molecular flexibility index (Phi) is 6.09. The zero-order valence-corrected chi connectivity index (χ0v) is 13.1. The zero-order chi connectivity index (χ0) is 13.8. The van der Waals surface area contributed by atoms with Gasteiger partial charge in [0, 0.05) is 25.7 Å². The van der Waals surface area contributed by atoms with Gasteiger partial charge in [-0.05, 0) is 52.6 Å². The number of nitrogens with one attached hydrogen (secondary N) is 1. The van der Waals surface area contributed by atoms with Crippen LogP contribution in [-0.2, 0) is 4.74 Å². The zero-order valence-electron chi connectivity index (χ0n) is 13.1. The van der Waals surface area contributed by atoms with E-state index >= 15 is 0 Å². The molecule has 0 aromatic rings. The standard InChI is InChI=1S/C15H32N2O/c1-12(2)9-10-17(13-7-8-13)11-14(16-5)15(3,4)18-6/h12-14,16H,7-11H2,1-6H3. The van der Waals surface area contributed by atoms with Crippen LogP contribution < -0.4 is 5.32 Å². The summed E-state index contributed by atoms with van der Waals surface area (Å²) in [5.41, 5.74) is -0.111. The van der Waals surface area contributed by atoms with Crippen molar-refractivity contribution in [1.29, 1.82) is 0 Å². The molecule has 1 rings (SSSR count). The average Bonchev–Trinajstić information content (AvgIpc) is 3.12. The first-order chi connectivity index (χ1) is 8.40. The van der Waals surface area contributed by atoms with Crippen molar-refractivity contribution in [3.63, 3.8) is 0 Å². The molecule has 1 N–H and O–H groups in total. The number of methoxy groups -OCH3 is 1. The molecule has 1 aliphatic carbocycles. The Morgan fingerprint density at radius 3 is 2.33 bits per heavy atom. The Morgan fingerprint density at radius 2 is 1.94 bits per heavy atom. The summed E-state index contributed by atoms with van der Waals surface area (Å²) in [4.78, 5) is 2.65. The molecule has 1 atom stereocenters. The number of nitrogens with zero attached hydrogens (tertiary/aromatic N) is 1. The van der Waals surface area contributed by atoms with Crippen molar-refractivity contribution in [2.24, 2.45) is 5.92 Å². The van der Waals surface area contributed by atoms with Gasteiger partial charge in [0.15, 0.2) is 0 Å². The molecule has 0 heterocycles. The highest BCUT2D eigenvalue weighted by Gasteiger charge is 2.35. The maximum absolute atomic E-state index is 5.63. The lowest BCUT2D eigenvalue weighted by Gasteiger charge is -2.37. The van der Waals surface area contributed by atoms with Gasteiger partial charge < -0.3 is 10.1 Å². The first-order valence-electron chi connectivity index (χ1n) is 7.37. The minimum atomic E-state index is -0.111. The van der Waals surface area contributed by atoms with Crippen LogP contribution in [-0.4, -0.2) is 49.8 Å². The van der Waals surface area contributed by atoms with E-state index in [1.807, 2.05) is 7.05 Å². The van der Waals surface area contributed by atoms with Crippen molar-refractivity contribution in [2.75, 3.05) is 27.2 Å². The van der Waals surface area contributed by atoms with Gasteiger partial charge in [0.05, 0.1) is 5.60 Å². The van der Waals surface area contributed by atoms with E-state index in [2.05, 4.69) is 37.9 Å². The molecule has 18 heavy (non-hydrogen) atoms. The normalized spacial score (nSPS) is 18.7. The van der Waals surface area contributed by atoms with Crippen molar-refractivity contribution in [1.82, 2.24) is 10.2 Å². The van der Waals surface area contributed by atoms with E-state index in [1.54, 1.807) is 7.11 Å². The predicted octanol–water partition coefficient (Wildman–Crippen LogP) is 2.51. The van der Waals surface area contributed by atoms with Crippen LogP contribution in [0.5, 0.6) is 0 Å². The van der Waals surface area contributed by atoms with Crippen LogP contribution in [0.3, 0.4) is 0 Å². The molecule has 0 saturated heterocycles. The second kappa shape index (κ2) is 6.88. The van der Waals surface area contributed by atoms with E-state index in [0.717, 1.165) is 18.5 Å². The Morgan fingerprint density at radius 1 is 1.33 bits per heavy atom. The van der Waals surface area contributed by atoms with Crippen LogP contribution in [0.25, 0.3) is 0 Å². The molecule has 0 aliphatic heterocycles. The summed E-state index contributed by atoms with van der Waals surface area (Å²) in [6, 6.07) is 1.21. The van der Waals surface area contributed by atoms with Crippen LogP contribution >= 0.6 is 0 Å². The van der Waals surface area contributed by atoms with Crippen LogP contribution in [0.4, 0.5) is 0 Å². The monoisotopic (exact) mass is 256 g/mol. The van der Waals surface area contributed by atoms with Gasteiger partial charge in [-0.3, -0.25) is 4.90 Å². The lowest BCUT2D eigenvalue weighted by Crippen LogP contribution is -2.53. The van der Waals surface area contributed by atoms with Gasteiger partial charge in [-0.2, -0.15) is 0 Å². The third kappa shape index (κ3) is 4.87. The molecule has 0 bridgehead atoms. The largest absolute Gasteiger partial charge is 0.377 e. The van der Waals surface area contributed by atoms with E-state index in [4.69, 9.17) is 4.74 Å². The summed E-state index contributed by atoms with van der Waals surface area (Å²) < 4.78 is 5.63. The Bertz CT molecular complexity index is 237. The highest BCUT2D eigenvalue weighted by atomic mass is 16.5. The van der Waals surface area contributed by atoms with Gasteiger partial charge in [0.2, 0.25) is 0 Å². The van der Waals surface area contributed by atoms with Crippen LogP contribution in [0.1, 0.15) is 47.0 Å². The van der Waals surface area contributed by atoms with Gasteiger partial charge in [-0.1, -0.05) is 13.8 Å². The minimum Gasteiger partial charge on any atom is -0.377 e. The third-order valence-corrected chi connectivity index (χ3v) is 4.19. The molecule has 0 radical (unpaired) electrons. The first kappa shape index (κ1) is 15.9. The SMILES string of the molecule is CNC(CN(CCC(C)C)C1CC1)C(C)(C)OC. The van der Waals surface area contributed by atoms with E-state index in [1.165, 1.54) is 25.8 Å². The molecule has 1 saturated carbocycles. The van der Waals surface area contributed by atoms with E-state index in [0.29, 0.717) is 6.04 Å². The number of rotatable bonds is 9. The average molecular weight is 256 g/mol. The van der Waals surface area contributed by atoms with Gasteiger partial charge in [0.25, 0.3) is 0 Å². The highest BCUT2D eigenvalue weighted by Crippen LogP contribution is 2.28. The number of hydrogen-bond donors (Lipinski definition) is 1. The lowest BCUT2D eigenvalue weighted by atomic mass is 9.97. The summed E-state index contributed by atoms with van der Waals surface area (Å²) in [7, 11) is 3.85. The molecular weight excluding hydrogens is 224 g/mol. The van der Waals surface area contributed by atoms with E-state index < -0.39 is 0 Å². The Labute approximate surface area is 113 Å². The molecule has 1 fully saturated rings. The number of ether oxygens (including phenoxy) is 1. The molecule has 0 spiro atoms. The van der Waals surface area contributed by atoms with Crippen molar-refractivity contribution in [3.8, 4) is 0 Å². The van der Waals surface area contributed by atoms with Gasteiger partial charge in [-0.25, -0.2) is 0 Å². The maximum Gasteiger partial charge on any atom is 0.0787 e. The summed E-state index contributed by atoms with van der Waals surface area (Å²) in [6.45, 7) is 11.3. The maximum atomic E-state index is 5.63. The summed E-state index contributed by atoms with van der Waals surface area (Å²) in [5.74, 6) is 0.787. The fraction of sp³-hybridized carbons (Fsp3) is 1.00. The molecular formula is C15H32N2O. The molecule has 0 aromatic heterocycles. The second-order valence-corrected chi connectivity index (χ2v) is 6.56. The van der Waals surface area contributed by atoms with Crippen molar-refractivity contribution >= 4 is 0 Å². The van der Waals surface area contributed by atoms with Crippen LogP contribution in [0.15, 0.2) is 0 Å². The molecule has 108 valence electrons. The molecule has 1 aliphatic rings. The smallest absolute Gasteiger partial charge is 0.0787 e. The molecule has 0 aromatic carbocycles. The number of likely N-dealkylation sites (N-methyl/N-ethyl adjacent to an activating group) is 1. The molecule has 3 nitrogen and oxygen atoms in total. The lowest BCUT2D eigenvalue weighted by molar-refractivity contribution is -0.0188. The summed E-state index contributed by atoms with van der Waals surface area (Å²) in [5, 5.41) is 3.43. The minimum absolute atomic E-state index is 0.111. The predicted molar refractivity (Wildman–Crippen MR) is 78.0 cm³/mol. The molecule has 1 unspecified atom stereocenters.